The SMILES string of the molecule is O=S(=O)(O)c1ccc(CCc2c3ccccc3c(CCc3ccc(S(=O)(=O)O)cc3)c3ccccc23)cc1.[H-].[H-].[Na+].[Na+]. The van der Waals surface area contributed by atoms with Gasteiger partial charge in [-0.05, 0) is 93.7 Å². The van der Waals surface area contributed by atoms with Crippen LogP contribution in [0.1, 0.15) is 25.1 Å². The van der Waals surface area contributed by atoms with Crippen LogP contribution in [-0.4, -0.2) is 25.9 Å². The van der Waals surface area contributed by atoms with E-state index in [0.717, 1.165) is 45.5 Å². The van der Waals surface area contributed by atoms with Crippen LogP contribution in [0.15, 0.2) is 107 Å². The van der Waals surface area contributed by atoms with Gasteiger partial charge in [-0.1, -0.05) is 72.8 Å². The zero-order chi connectivity index (χ0) is 26.9. The molecule has 0 saturated carbocycles. The van der Waals surface area contributed by atoms with Crippen LogP contribution in [0, 0.1) is 0 Å². The maximum Gasteiger partial charge on any atom is 1.00 e. The van der Waals surface area contributed by atoms with E-state index in [0.29, 0.717) is 12.8 Å². The summed E-state index contributed by atoms with van der Waals surface area (Å²) in [6.07, 6.45) is 2.92. The molecule has 5 aromatic carbocycles. The summed E-state index contributed by atoms with van der Waals surface area (Å²) in [7, 11) is -8.44. The van der Waals surface area contributed by atoms with E-state index in [1.165, 1.54) is 35.4 Å². The number of rotatable bonds is 8. The zero-order valence-corrected chi connectivity index (χ0v) is 28.0. The van der Waals surface area contributed by atoms with E-state index in [2.05, 4.69) is 24.3 Å². The molecule has 5 aromatic rings. The second-order valence-electron chi connectivity index (χ2n) is 9.29. The average molecular weight is 595 g/mol. The first kappa shape index (κ1) is 32.9. The van der Waals surface area contributed by atoms with Crippen molar-refractivity contribution < 1.29 is 87.9 Å². The zero-order valence-electron chi connectivity index (χ0n) is 24.4. The van der Waals surface area contributed by atoms with Crippen LogP contribution in [0.25, 0.3) is 21.5 Å². The minimum atomic E-state index is -4.22. The van der Waals surface area contributed by atoms with Crippen LogP contribution in [0.3, 0.4) is 0 Å². The topological polar surface area (TPSA) is 109 Å². The van der Waals surface area contributed by atoms with Crippen LogP contribution in [0.2, 0.25) is 0 Å². The molecule has 0 aromatic heterocycles. The number of hydrogen-bond acceptors (Lipinski definition) is 4. The van der Waals surface area contributed by atoms with Gasteiger partial charge in [-0.25, -0.2) is 0 Å². The maximum absolute atomic E-state index is 11.4. The third kappa shape index (κ3) is 7.44. The molecule has 40 heavy (non-hydrogen) atoms. The molecule has 0 spiro atoms. The van der Waals surface area contributed by atoms with Crippen molar-refractivity contribution in [2.75, 3.05) is 0 Å². The third-order valence-electron chi connectivity index (χ3n) is 6.92. The van der Waals surface area contributed by atoms with Gasteiger partial charge in [0.05, 0.1) is 9.79 Å². The molecule has 0 unspecified atom stereocenters. The summed E-state index contributed by atoms with van der Waals surface area (Å²) in [6.45, 7) is 0. The van der Waals surface area contributed by atoms with Crippen molar-refractivity contribution in [2.45, 2.75) is 35.5 Å². The predicted octanol–water partition coefficient (Wildman–Crippen LogP) is 0.290. The first-order valence-corrected chi connectivity index (χ1v) is 15.0. The van der Waals surface area contributed by atoms with Gasteiger partial charge in [-0.2, -0.15) is 16.8 Å². The molecule has 6 nitrogen and oxygen atoms in total. The molecule has 5 rings (SSSR count). The predicted molar refractivity (Wildman–Crippen MR) is 151 cm³/mol. The third-order valence-corrected chi connectivity index (χ3v) is 8.66. The van der Waals surface area contributed by atoms with E-state index < -0.39 is 20.2 Å². The van der Waals surface area contributed by atoms with Crippen LogP contribution in [0.4, 0.5) is 0 Å². The number of benzene rings is 5. The van der Waals surface area contributed by atoms with Crippen molar-refractivity contribution in [2.24, 2.45) is 0 Å². The Bertz CT molecular complexity index is 1670. The van der Waals surface area contributed by atoms with Gasteiger partial charge in [-0.15, -0.1) is 0 Å². The first-order chi connectivity index (χ1) is 18.1. The van der Waals surface area contributed by atoms with Crippen molar-refractivity contribution in [3.05, 3.63) is 119 Å². The summed E-state index contributed by atoms with van der Waals surface area (Å²) in [6, 6.07) is 29.2. The van der Waals surface area contributed by atoms with Crippen LogP contribution < -0.4 is 59.1 Å². The Balaban J connectivity index is 0.00000220. The fourth-order valence-electron chi connectivity index (χ4n) is 5.04. The normalized spacial score (nSPS) is 11.7. The maximum atomic E-state index is 11.4. The Morgan fingerprint density at radius 2 is 0.725 bits per heavy atom. The molecular formula is C30H28Na2O6S2. The minimum Gasteiger partial charge on any atom is -1.00 e. The smallest absolute Gasteiger partial charge is 1.00 e. The Morgan fingerprint density at radius 1 is 0.450 bits per heavy atom. The van der Waals surface area contributed by atoms with Gasteiger partial charge in [0, 0.05) is 0 Å². The molecule has 2 N–H and O–H groups in total. The van der Waals surface area contributed by atoms with E-state index in [9.17, 15) is 25.9 Å². The molecule has 0 atom stereocenters. The van der Waals surface area contributed by atoms with Crippen molar-refractivity contribution in [1.82, 2.24) is 0 Å². The molecule has 0 aliphatic carbocycles. The summed E-state index contributed by atoms with van der Waals surface area (Å²) in [5.41, 5.74) is 4.39. The fourth-order valence-corrected chi connectivity index (χ4v) is 6.00. The van der Waals surface area contributed by atoms with Crippen molar-refractivity contribution >= 4 is 41.8 Å². The molecule has 0 saturated heterocycles. The van der Waals surface area contributed by atoms with Gasteiger partial charge in [0.25, 0.3) is 20.2 Å². The van der Waals surface area contributed by atoms with E-state index in [1.54, 1.807) is 24.3 Å². The second kappa shape index (κ2) is 13.6. The Morgan fingerprint density at radius 3 is 0.975 bits per heavy atom. The number of fused-ring (bicyclic) bond motifs is 2. The summed E-state index contributed by atoms with van der Waals surface area (Å²) >= 11 is 0. The molecule has 0 radical (unpaired) electrons. The number of aryl methyl sites for hydroxylation is 4. The van der Waals surface area contributed by atoms with E-state index >= 15 is 0 Å². The standard InChI is InChI=1S/C30H26O6S2.2Na.2H/c31-37(32,33)23-15-9-21(10-16-23)13-19-29-25-5-1-2-6-26(25)30(28-8-4-3-7-27(28)29)20-14-22-11-17-24(18-12-22)38(34,35)36;;;;/h1-12,15-18H,13-14,19-20H2,(H,31,32,33)(H,34,35,36);;;;/q;2*+1;2*-1. The molecule has 0 aliphatic heterocycles. The van der Waals surface area contributed by atoms with Crippen LogP contribution in [-0.2, 0) is 45.9 Å². The fraction of sp³-hybridized carbons (Fsp3) is 0.133. The average Bonchev–Trinajstić information content (AvgIpc) is 2.90. The van der Waals surface area contributed by atoms with Crippen LogP contribution >= 0.6 is 0 Å². The van der Waals surface area contributed by atoms with E-state index in [4.69, 9.17) is 0 Å². The van der Waals surface area contributed by atoms with Gasteiger partial charge in [0.15, 0.2) is 0 Å². The van der Waals surface area contributed by atoms with E-state index in [1.807, 2.05) is 24.3 Å². The van der Waals surface area contributed by atoms with Gasteiger partial charge in [0.2, 0.25) is 0 Å². The van der Waals surface area contributed by atoms with Crippen molar-refractivity contribution in [3.8, 4) is 0 Å². The quantitative estimate of drug-likeness (QED) is 0.152. The molecular weight excluding hydrogens is 566 g/mol. The minimum absolute atomic E-state index is 0. The molecule has 198 valence electrons. The summed E-state index contributed by atoms with van der Waals surface area (Å²) < 4.78 is 64.0. The Labute approximate surface area is 281 Å². The van der Waals surface area contributed by atoms with Gasteiger partial charge >= 0.3 is 59.1 Å². The van der Waals surface area contributed by atoms with Gasteiger partial charge in [0.1, 0.15) is 0 Å². The van der Waals surface area contributed by atoms with Gasteiger partial charge < -0.3 is 2.85 Å². The molecule has 0 fully saturated rings. The summed E-state index contributed by atoms with van der Waals surface area (Å²) in [5.74, 6) is 0. The molecule has 10 heteroatoms. The summed E-state index contributed by atoms with van der Waals surface area (Å²) in [4.78, 5) is -0.233. The van der Waals surface area contributed by atoms with Gasteiger partial charge in [-0.3, -0.25) is 9.11 Å². The van der Waals surface area contributed by atoms with Crippen LogP contribution in [0.5, 0.6) is 0 Å². The molecule has 0 bridgehead atoms. The summed E-state index contributed by atoms with van der Waals surface area (Å²) in [5, 5.41) is 4.66. The molecule has 0 aliphatic rings. The second-order valence-corrected chi connectivity index (χ2v) is 12.1. The Kier molecular flexibility index (Phi) is 11.2. The first-order valence-electron chi connectivity index (χ1n) is 12.2. The van der Waals surface area contributed by atoms with Crippen molar-refractivity contribution in [1.29, 1.82) is 0 Å². The Hall–Kier alpha value is -1.56. The largest absolute Gasteiger partial charge is 1.00 e. The molecule has 0 amide bonds. The monoisotopic (exact) mass is 594 g/mol. The molecule has 0 heterocycles. The van der Waals surface area contributed by atoms with E-state index in [-0.39, 0.29) is 71.8 Å². The number of hydrogen-bond donors (Lipinski definition) is 2. The van der Waals surface area contributed by atoms with Crippen molar-refractivity contribution in [3.63, 3.8) is 0 Å².